The topological polar surface area (TPSA) is 58.9 Å². The van der Waals surface area contributed by atoms with E-state index in [1.54, 1.807) is 4.80 Å². The summed E-state index contributed by atoms with van der Waals surface area (Å²) in [6.07, 6.45) is 5.39. The normalized spacial score (nSPS) is 24.0. The van der Waals surface area contributed by atoms with Gasteiger partial charge in [-0.3, -0.25) is 4.90 Å². The third kappa shape index (κ3) is 3.26. The van der Waals surface area contributed by atoms with E-state index in [9.17, 15) is 0 Å². The molecule has 6 heteroatoms. The largest absolute Gasteiger partial charge is 0.313 e. The standard InChI is InChI=1S/C12H22N6/c1-17-15-12(14-16-17)9-18(7-10-4-5-10)8-11-3-2-6-13-11/h10-11,13H,2-9H2,1H3. The molecule has 1 saturated carbocycles. The van der Waals surface area contributed by atoms with Crippen LogP contribution < -0.4 is 5.32 Å². The third-order valence-electron chi connectivity index (χ3n) is 3.77. The maximum atomic E-state index is 4.29. The minimum absolute atomic E-state index is 0.653. The van der Waals surface area contributed by atoms with E-state index in [1.165, 1.54) is 38.8 Å². The van der Waals surface area contributed by atoms with E-state index < -0.39 is 0 Å². The minimum atomic E-state index is 0.653. The van der Waals surface area contributed by atoms with Crippen molar-refractivity contribution < 1.29 is 0 Å². The summed E-state index contributed by atoms with van der Waals surface area (Å²) in [6.45, 7) is 4.32. The number of tetrazole rings is 1. The first-order chi connectivity index (χ1) is 8.79. The number of hydrogen-bond acceptors (Lipinski definition) is 5. The molecule has 18 heavy (non-hydrogen) atoms. The van der Waals surface area contributed by atoms with Gasteiger partial charge in [0.25, 0.3) is 0 Å². The van der Waals surface area contributed by atoms with Crippen LogP contribution in [0, 0.1) is 5.92 Å². The van der Waals surface area contributed by atoms with Crippen LogP contribution in [-0.2, 0) is 13.6 Å². The molecule has 0 bridgehead atoms. The number of aromatic nitrogens is 4. The van der Waals surface area contributed by atoms with E-state index in [0.717, 1.165) is 24.8 Å². The van der Waals surface area contributed by atoms with Gasteiger partial charge in [0.1, 0.15) is 0 Å². The number of rotatable bonds is 6. The van der Waals surface area contributed by atoms with Crippen molar-refractivity contribution in [1.29, 1.82) is 0 Å². The summed E-state index contributed by atoms with van der Waals surface area (Å²) in [7, 11) is 1.82. The van der Waals surface area contributed by atoms with Gasteiger partial charge in [0.05, 0.1) is 13.6 Å². The van der Waals surface area contributed by atoms with Crippen LogP contribution in [0.25, 0.3) is 0 Å². The second kappa shape index (κ2) is 5.32. The van der Waals surface area contributed by atoms with Crippen LogP contribution >= 0.6 is 0 Å². The van der Waals surface area contributed by atoms with Crippen molar-refractivity contribution in [3.8, 4) is 0 Å². The lowest BCUT2D eigenvalue weighted by atomic mass is 10.2. The maximum Gasteiger partial charge on any atom is 0.188 e. The summed E-state index contributed by atoms with van der Waals surface area (Å²) >= 11 is 0. The van der Waals surface area contributed by atoms with Gasteiger partial charge in [-0.25, -0.2) is 0 Å². The van der Waals surface area contributed by atoms with Crippen molar-refractivity contribution in [1.82, 2.24) is 30.4 Å². The Morgan fingerprint density at radius 3 is 2.83 bits per heavy atom. The van der Waals surface area contributed by atoms with Crippen LogP contribution in [0.4, 0.5) is 0 Å². The van der Waals surface area contributed by atoms with Crippen LogP contribution in [0.15, 0.2) is 0 Å². The van der Waals surface area contributed by atoms with Crippen LogP contribution in [-0.4, -0.2) is 50.8 Å². The van der Waals surface area contributed by atoms with Gasteiger partial charge in [0.15, 0.2) is 5.82 Å². The first-order valence-electron chi connectivity index (χ1n) is 6.98. The second-order valence-corrected chi connectivity index (χ2v) is 5.63. The van der Waals surface area contributed by atoms with E-state index in [1.807, 2.05) is 7.05 Å². The Kier molecular flexibility index (Phi) is 3.56. The zero-order chi connectivity index (χ0) is 12.4. The monoisotopic (exact) mass is 250 g/mol. The molecule has 1 aromatic rings. The summed E-state index contributed by atoms with van der Waals surface area (Å²) in [6, 6.07) is 0.653. The van der Waals surface area contributed by atoms with Crippen LogP contribution in [0.1, 0.15) is 31.5 Å². The smallest absolute Gasteiger partial charge is 0.188 e. The molecule has 6 nitrogen and oxygen atoms in total. The Hall–Kier alpha value is -1.01. The molecule has 0 radical (unpaired) electrons. The SMILES string of the molecule is Cn1nnc(CN(CC2CC2)CC2CCCN2)n1. The fourth-order valence-electron chi connectivity index (χ4n) is 2.68. The van der Waals surface area contributed by atoms with E-state index >= 15 is 0 Å². The molecule has 0 aromatic carbocycles. The molecule has 2 fully saturated rings. The highest BCUT2D eigenvalue weighted by Crippen LogP contribution is 2.30. The molecule has 1 aliphatic heterocycles. The number of aryl methyl sites for hydroxylation is 1. The first-order valence-corrected chi connectivity index (χ1v) is 6.98. The lowest BCUT2D eigenvalue weighted by molar-refractivity contribution is 0.226. The second-order valence-electron chi connectivity index (χ2n) is 5.63. The molecule has 1 aliphatic carbocycles. The van der Waals surface area contributed by atoms with E-state index in [4.69, 9.17) is 0 Å². The quantitative estimate of drug-likeness (QED) is 0.780. The molecule has 1 N–H and O–H groups in total. The average Bonchev–Trinajstić information content (AvgIpc) is 2.84. The van der Waals surface area contributed by atoms with Crippen LogP contribution in [0.2, 0.25) is 0 Å². The lowest BCUT2D eigenvalue weighted by Crippen LogP contribution is -2.38. The summed E-state index contributed by atoms with van der Waals surface area (Å²) < 4.78 is 0. The van der Waals surface area contributed by atoms with Gasteiger partial charge < -0.3 is 5.32 Å². The van der Waals surface area contributed by atoms with Crippen LogP contribution in [0.3, 0.4) is 0 Å². The molecule has 100 valence electrons. The van der Waals surface area contributed by atoms with E-state index in [2.05, 4.69) is 25.6 Å². The molecule has 1 saturated heterocycles. The predicted octanol–water partition coefficient (Wildman–Crippen LogP) is 0.174. The van der Waals surface area contributed by atoms with Crippen molar-refractivity contribution in [2.75, 3.05) is 19.6 Å². The van der Waals surface area contributed by atoms with E-state index in [-0.39, 0.29) is 0 Å². The molecule has 3 rings (SSSR count). The molecule has 2 heterocycles. The van der Waals surface area contributed by atoms with E-state index in [0.29, 0.717) is 6.04 Å². The predicted molar refractivity (Wildman–Crippen MR) is 67.8 cm³/mol. The molecule has 2 aliphatic rings. The van der Waals surface area contributed by atoms with Crippen molar-refractivity contribution in [3.63, 3.8) is 0 Å². The zero-order valence-corrected chi connectivity index (χ0v) is 11.0. The van der Waals surface area contributed by atoms with Crippen molar-refractivity contribution in [2.45, 2.75) is 38.3 Å². The first kappa shape index (κ1) is 12.0. The molecule has 1 aromatic heterocycles. The minimum Gasteiger partial charge on any atom is -0.313 e. The number of nitrogens with one attached hydrogen (secondary N) is 1. The van der Waals surface area contributed by atoms with Gasteiger partial charge in [-0.1, -0.05) is 0 Å². The Balaban J connectivity index is 1.57. The Bertz CT molecular complexity index is 380. The summed E-state index contributed by atoms with van der Waals surface area (Å²) in [4.78, 5) is 4.04. The molecular formula is C12H22N6. The molecule has 1 atom stereocenters. The van der Waals surface area contributed by atoms with Crippen molar-refractivity contribution in [2.24, 2.45) is 13.0 Å². The van der Waals surface area contributed by atoms with Crippen molar-refractivity contribution in [3.05, 3.63) is 5.82 Å². The fraction of sp³-hybridized carbons (Fsp3) is 0.917. The summed E-state index contributed by atoms with van der Waals surface area (Å²) in [5.74, 6) is 1.75. The summed E-state index contributed by atoms with van der Waals surface area (Å²) in [5, 5.41) is 15.9. The lowest BCUT2D eigenvalue weighted by Gasteiger charge is -2.24. The van der Waals surface area contributed by atoms with Crippen molar-refractivity contribution >= 4 is 0 Å². The van der Waals surface area contributed by atoms with Crippen LogP contribution in [0.5, 0.6) is 0 Å². The highest BCUT2D eigenvalue weighted by molar-refractivity contribution is 4.86. The van der Waals surface area contributed by atoms with Gasteiger partial charge in [0.2, 0.25) is 0 Å². The molecule has 0 amide bonds. The highest BCUT2D eigenvalue weighted by atomic mass is 15.6. The highest BCUT2D eigenvalue weighted by Gasteiger charge is 2.27. The average molecular weight is 250 g/mol. The third-order valence-corrected chi connectivity index (χ3v) is 3.77. The number of nitrogens with zero attached hydrogens (tertiary/aromatic N) is 5. The van der Waals surface area contributed by atoms with Gasteiger partial charge in [-0.2, -0.15) is 4.80 Å². The Morgan fingerprint density at radius 2 is 2.22 bits per heavy atom. The Labute approximate surface area is 108 Å². The van der Waals surface area contributed by atoms with Gasteiger partial charge in [-0.15, -0.1) is 10.2 Å². The molecule has 1 unspecified atom stereocenters. The maximum absolute atomic E-state index is 4.29. The van der Waals surface area contributed by atoms with Gasteiger partial charge in [0, 0.05) is 19.1 Å². The molecular weight excluding hydrogens is 228 g/mol. The Morgan fingerprint density at radius 1 is 1.33 bits per heavy atom. The van der Waals surface area contributed by atoms with Gasteiger partial charge >= 0.3 is 0 Å². The zero-order valence-electron chi connectivity index (χ0n) is 11.0. The summed E-state index contributed by atoms with van der Waals surface area (Å²) in [5.41, 5.74) is 0. The van der Waals surface area contributed by atoms with Gasteiger partial charge in [-0.05, 0) is 43.4 Å². The number of hydrogen-bond donors (Lipinski definition) is 1. The molecule has 0 spiro atoms. The fourth-order valence-corrected chi connectivity index (χ4v) is 2.68.